The number of aryl methyl sites for hydroxylation is 1. The second-order valence-corrected chi connectivity index (χ2v) is 5.38. The normalized spacial score (nSPS) is 10.7. The largest absolute Gasteiger partial charge is 0.478 e. The number of rotatable bonds is 9. The van der Waals surface area contributed by atoms with Crippen LogP contribution < -0.4 is 5.73 Å². The molecule has 0 saturated heterocycles. The molecule has 20 heavy (non-hydrogen) atoms. The molecule has 0 spiro atoms. The van der Waals surface area contributed by atoms with Gasteiger partial charge in [0.05, 0.1) is 5.56 Å². The Morgan fingerprint density at radius 3 is 2.20 bits per heavy atom. The van der Waals surface area contributed by atoms with Gasteiger partial charge in [0.1, 0.15) is 0 Å². The van der Waals surface area contributed by atoms with E-state index in [4.69, 9.17) is 5.73 Å². The van der Waals surface area contributed by atoms with E-state index in [1.165, 1.54) is 18.4 Å². The zero-order valence-corrected chi connectivity index (χ0v) is 12.7. The Bertz CT molecular complexity index is 441. The maximum atomic E-state index is 11.2. The van der Waals surface area contributed by atoms with Crippen molar-refractivity contribution in [2.45, 2.75) is 65.2 Å². The van der Waals surface area contributed by atoms with E-state index in [-0.39, 0.29) is 5.56 Å². The van der Waals surface area contributed by atoms with Crippen LogP contribution in [0.25, 0.3) is 0 Å². The lowest BCUT2D eigenvalue weighted by atomic mass is 9.93. The minimum atomic E-state index is -0.931. The fraction of sp³-hybridized carbons (Fsp3) is 0.588. The average molecular weight is 277 g/mol. The van der Waals surface area contributed by atoms with Crippen molar-refractivity contribution in [3.63, 3.8) is 0 Å². The molecule has 3 N–H and O–H groups in total. The Balaban J connectivity index is 2.96. The van der Waals surface area contributed by atoms with Crippen LogP contribution in [0.4, 0.5) is 5.69 Å². The Hall–Kier alpha value is -1.51. The molecule has 1 aromatic carbocycles. The van der Waals surface area contributed by atoms with Gasteiger partial charge in [-0.2, -0.15) is 0 Å². The van der Waals surface area contributed by atoms with Crippen molar-refractivity contribution in [2.75, 3.05) is 5.73 Å². The summed E-state index contributed by atoms with van der Waals surface area (Å²) < 4.78 is 0. The van der Waals surface area contributed by atoms with Crippen molar-refractivity contribution < 1.29 is 9.90 Å². The van der Waals surface area contributed by atoms with Gasteiger partial charge in [-0.05, 0) is 42.9 Å². The highest BCUT2D eigenvalue weighted by Crippen LogP contribution is 2.26. The number of nitrogen functional groups attached to an aromatic ring is 1. The van der Waals surface area contributed by atoms with E-state index in [0.717, 1.165) is 44.1 Å². The van der Waals surface area contributed by atoms with Crippen LogP contribution in [0.15, 0.2) is 12.1 Å². The Morgan fingerprint density at radius 2 is 1.65 bits per heavy atom. The van der Waals surface area contributed by atoms with Gasteiger partial charge in [0.15, 0.2) is 0 Å². The third-order valence-electron chi connectivity index (χ3n) is 3.76. The molecule has 0 heterocycles. The first kappa shape index (κ1) is 16.5. The molecule has 0 amide bonds. The van der Waals surface area contributed by atoms with Crippen molar-refractivity contribution in [2.24, 2.45) is 0 Å². The molecule has 0 saturated carbocycles. The maximum absolute atomic E-state index is 11.2. The van der Waals surface area contributed by atoms with Crippen molar-refractivity contribution >= 4 is 11.7 Å². The van der Waals surface area contributed by atoms with Crippen LogP contribution in [0.5, 0.6) is 0 Å². The summed E-state index contributed by atoms with van der Waals surface area (Å²) in [5.74, 6) is -0.931. The molecule has 0 aliphatic heterocycles. The summed E-state index contributed by atoms with van der Waals surface area (Å²) in [4.78, 5) is 11.2. The fourth-order valence-electron chi connectivity index (χ4n) is 2.54. The molecule has 1 rings (SSSR count). The number of anilines is 1. The minimum Gasteiger partial charge on any atom is -0.478 e. The summed E-state index contributed by atoms with van der Waals surface area (Å²) in [6, 6.07) is 3.61. The molecule has 0 atom stereocenters. The maximum Gasteiger partial charge on any atom is 0.337 e. The van der Waals surface area contributed by atoms with E-state index < -0.39 is 5.97 Å². The third kappa shape index (κ3) is 4.55. The number of unbranched alkanes of at least 4 members (excludes halogenated alkanes) is 4. The van der Waals surface area contributed by atoms with Crippen LogP contribution in [0.2, 0.25) is 0 Å². The third-order valence-corrected chi connectivity index (χ3v) is 3.76. The van der Waals surface area contributed by atoms with Crippen molar-refractivity contribution in [3.05, 3.63) is 28.8 Å². The lowest BCUT2D eigenvalue weighted by Crippen LogP contribution is -2.08. The molecule has 0 unspecified atom stereocenters. The van der Waals surface area contributed by atoms with E-state index in [1.54, 1.807) is 6.07 Å². The SMILES string of the molecule is CCCCCc1ccc(C(=O)O)c(N)c1CCCCC. The molecular formula is C17H27NO2. The lowest BCUT2D eigenvalue weighted by Gasteiger charge is -2.14. The topological polar surface area (TPSA) is 63.3 Å². The van der Waals surface area contributed by atoms with Crippen molar-refractivity contribution in [3.8, 4) is 0 Å². The summed E-state index contributed by atoms with van der Waals surface area (Å²) >= 11 is 0. The smallest absolute Gasteiger partial charge is 0.337 e. The fourth-order valence-corrected chi connectivity index (χ4v) is 2.54. The monoisotopic (exact) mass is 277 g/mol. The second-order valence-electron chi connectivity index (χ2n) is 5.38. The predicted molar refractivity (Wildman–Crippen MR) is 84.3 cm³/mol. The molecule has 1 aromatic rings. The molecule has 0 aliphatic carbocycles. The van der Waals surface area contributed by atoms with Crippen LogP contribution in [-0.2, 0) is 12.8 Å². The molecule has 0 radical (unpaired) electrons. The molecule has 112 valence electrons. The highest BCUT2D eigenvalue weighted by molar-refractivity contribution is 5.94. The molecule has 0 aliphatic rings. The number of nitrogens with two attached hydrogens (primary N) is 1. The lowest BCUT2D eigenvalue weighted by molar-refractivity contribution is 0.0698. The van der Waals surface area contributed by atoms with Gasteiger partial charge >= 0.3 is 5.97 Å². The molecule has 3 heteroatoms. The first-order valence-electron chi connectivity index (χ1n) is 7.75. The highest BCUT2D eigenvalue weighted by atomic mass is 16.4. The number of benzene rings is 1. The summed E-state index contributed by atoms with van der Waals surface area (Å²) in [5, 5.41) is 9.19. The summed E-state index contributed by atoms with van der Waals surface area (Å²) in [5.41, 5.74) is 9.11. The summed E-state index contributed by atoms with van der Waals surface area (Å²) in [6.07, 6.45) is 8.81. The zero-order chi connectivity index (χ0) is 15.0. The van der Waals surface area contributed by atoms with E-state index >= 15 is 0 Å². The van der Waals surface area contributed by atoms with Crippen LogP contribution in [-0.4, -0.2) is 11.1 Å². The predicted octanol–water partition coefficient (Wildman–Crippen LogP) is 4.43. The quantitative estimate of drug-likeness (QED) is 0.518. The van der Waals surface area contributed by atoms with Gasteiger partial charge in [0, 0.05) is 5.69 Å². The van der Waals surface area contributed by atoms with Gasteiger partial charge in [-0.25, -0.2) is 4.79 Å². The summed E-state index contributed by atoms with van der Waals surface area (Å²) in [6.45, 7) is 4.35. The minimum absolute atomic E-state index is 0.246. The molecule has 0 bridgehead atoms. The average Bonchev–Trinajstić information content (AvgIpc) is 2.41. The summed E-state index contributed by atoms with van der Waals surface area (Å²) in [7, 11) is 0. The van der Waals surface area contributed by atoms with E-state index in [0.29, 0.717) is 5.69 Å². The van der Waals surface area contributed by atoms with Crippen LogP contribution in [0, 0.1) is 0 Å². The first-order valence-corrected chi connectivity index (χ1v) is 7.75. The zero-order valence-electron chi connectivity index (χ0n) is 12.7. The highest BCUT2D eigenvalue weighted by Gasteiger charge is 2.14. The van der Waals surface area contributed by atoms with Gasteiger partial charge in [0.2, 0.25) is 0 Å². The van der Waals surface area contributed by atoms with E-state index in [1.807, 2.05) is 6.07 Å². The van der Waals surface area contributed by atoms with Gasteiger partial charge in [0.25, 0.3) is 0 Å². The van der Waals surface area contributed by atoms with Gasteiger partial charge in [-0.1, -0.05) is 45.6 Å². The van der Waals surface area contributed by atoms with Crippen LogP contribution in [0.1, 0.15) is 73.9 Å². The van der Waals surface area contributed by atoms with Crippen LogP contribution in [0.3, 0.4) is 0 Å². The van der Waals surface area contributed by atoms with E-state index in [2.05, 4.69) is 13.8 Å². The van der Waals surface area contributed by atoms with Crippen molar-refractivity contribution in [1.29, 1.82) is 0 Å². The number of carbonyl (C=O) groups is 1. The van der Waals surface area contributed by atoms with Gasteiger partial charge < -0.3 is 10.8 Å². The van der Waals surface area contributed by atoms with Crippen molar-refractivity contribution in [1.82, 2.24) is 0 Å². The molecule has 3 nitrogen and oxygen atoms in total. The van der Waals surface area contributed by atoms with E-state index in [9.17, 15) is 9.90 Å². The number of hydrogen-bond donors (Lipinski definition) is 2. The Labute approximate surface area is 122 Å². The molecule has 0 fully saturated rings. The Morgan fingerprint density at radius 1 is 1.05 bits per heavy atom. The van der Waals surface area contributed by atoms with Gasteiger partial charge in [-0.15, -0.1) is 0 Å². The first-order chi connectivity index (χ1) is 9.61. The number of carboxylic acid groups (broad SMARTS) is 1. The number of hydrogen-bond acceptors (Lipinski definition) is 2. The number of aromatic carboxylic acids is 1. The van der Waals surface area contributed by atoms with Crippen LogP contribution >= 0.6 is 0 Å². The second kappa shape index (κ2) is 8.62. The Kier molecular flexibility index (Phi) is 7.13. The van der Waals surface area contributed by atoms with Gasteiger partial charge in [-0.3, -0.25) is 0 Å². The standard InChI is InChI=1S/C17H27NO2/c1-3-5-7-9-13-11-12-15(17(19)20)16(18)14(13)10-8-6-4-2/h11-12H,3-10,18H2,1-2H3,(H,19,20). The molecule has 0 aromatic heterocycles. The molecular weight excluding hydrogens is 250 g/mol. The number of carboxylic acids is 1.